The Morgan fingerprint density at radius 3 is 1.82 bits per heavy atom. The Morgan fingerprint density at radius 1 is 0.742 bits per heavy atom. The minimum absolute atomic E-state index is 0.105. The molecule has 1 aromatic rings. The molecule has 0 spiro atoms. The predicted molar refractivity (Wildman–Crippen MR) is 229 cm³/mol. The molecule has 62 heavy (non-hydrogen) atoms. The van der Waals surface area contributed by atoms with Crippen LogP contribution in [0.15, 0.2) is 30.3 Å². The zero-order valence-electron chi connectivity index (χ0n) is 36.3. The van der Waals surface area contributed by atoms with Gasteiger partial charge in [0.15, 0.2) is 0 Å². The molecule has 0 radical (unpaired) electrons. The Bertz CT molecular complexity index is 1780. The van der Waals surface area contributed by atoms with E-state index < -0.39 is 131 Å². The fraction of sp³-hybridized carbons (Fsp3) is 0.610. The van der Waals surface area contributed by atoms with E-state index in [0.717, 1.165) is 0 Å². The molecule has 9 atom stereocenters. The van der Waals surface area contributed by atoms with E-state index in [1.54, 1.807) is 44.2 Å². The number of carbonyl (C=O) groups excluding carboxylic acids is 9. The summed E-state index contributed by atoms with van der Waals surface area (Å²) in [6.45, 7) is 12.1. The Labute approximate surface area is 365 Å². The van der Waals surface area contributed by atoms with Crippen molar-refractivity contribution in [2.24, 2.45) is 29.2 Å². The maximum atomic E-state index is 14.1. The molecule has 21 heteroatoms. The van der Waals surface area contributed by atoms with E-state index in [2.05, 4.69) is 37.2 Å². The lowest BCUT2D eigenvalue weighted by Gasteiger charge is -2.29. The van der Waals surface area contributed by atoms with Crippen molar-refractivity contribution in [3.63, 3.8) is 0 Å². The first-order valence-electron chi connectivity index (χ1n) is 20.6. The molecule has 12 N–H and O–H groups in total. The quantitative estimate of drug-likeness (QED) is 0.0824. The van der Waals surface area contributed by atoms with Crippen LogP contribution >= 0.6 is 11.8 Å². The standard InChI is InChI=1S/C41H63N9O11S/c1-8-22(6)33(50-34(54)23(7)42)40(60)47-27(17-31(43)51)37(57)49-30-19-62-41(61)29(15-21(4)5)48-35(55)25(14-20(2)3)44-36(56)26(16-24-12-10-9-11-13-24)45-38(58)28(18-32(52)53)46-39(30)59/h9-13,20-23,25-30,33H,8,14-19,42H2,1-7H3,(H2,43,51)(H,44,56)(H,45,58)(H,46,59)(H,47,60)(H,48,55)(H,49,57)(H,50,54)(H,52,53)/t22-,23-,25-,26-,27-,28-,29-,30-,33-/m0/s1. The fourth-order valence-corrected chi connectivity index (χ4v) is 7.22. The zero-order valence-corrected chi connectivity index (χ0v) is 37.1. The van der Waals surface area contributed by atoms with Gasteiger partial charge in [-0.1, -0.05) is 90.1 Å². The van der Waals surface area contributed by atoms with Gasteiger partial charge < -0.3 is 53.8 Å². The van der Waals surface area contributed by atoms with Crippen molar-refractivity contribution in [1.82, 2.24) is 37.2 Å². The summed E-state index contributed by atoms with van der Waals surface area (Å²) in [6.07, 6.45) is -1.18. The number of carbonyl (C=O) groups is 10. The highest BCUT2D eigenvalue weighted by molar-refractivity contribution is 8.13. The van der Waals surface area contributed by atoms with Crippen LogP contribution in [0.3, 0.4) is 0 Å². The lowest BCUT2D eigenvalue weighted by atomic mass is 9.97. The van der Waals surface area contributed by atoms with Crippen molar-refractivity contribution in [2.45, 2.75) is 135 Å². The second kappa shape index (κ2) is 25.4. The van der Waals surface area contributed by atoms with E-state index in [4.69, 9.17) is 11.5 Å². The van der Waals surface area contributed by atoms with Gasteiger partial charge in [-0.2, -0.15) is 0 Å². The number of thioether (sulfide) groups is 1. The first kappa shape index (κ1) is 52.6. The maximum absolute atomic E-state index is 14.1. The maximum Gasteiger partial charge on any atom is 0.305 e. The monoisotopic (exact) mass is 889 g/mol. The molecular formula is C41H63N9O11S. The number of primary amides is 1. The first-order chi connectivity index (χ1) is 29.0. The van der Waals surface area contributed by atoms with Gasteiger partial charge in [0.2, 0.25) is 52.4 Å². The van der Waals surface area contributed by atoms with Crippen LogP contribution in [0.4, 0.5) is 0 Å². The molecule has 1 aliphatic rings. The van der Waals surface area contributed by atoms with Crippen LogP contribution in [0.2, 0.25) is 0 Å². The lowest BCUT2D eigenvalue weighted by molar-refractivity contribution is -0.141. The third-order valence-electron chi connectivity index (χ3n) is 9.85. The van der Waals surface area contributed by atoms with Crippen molar-refractivity contribution in [3.8, 4) is 0 Å². The number of carboxylic acids is 1. The lowest BCUT2D eigenvalue weighted by Crippen LogP contribution is -2.62. The first-order valence-corrected chi connectivity index (χ1v) is 21.6. The summed E-state index contributed by atoms with van der Waals surface area (Å²) >= 11 is 0.541. The normalized spacial score (nSPS) is 22.5. The van der Waals surface area contributed by atoms with Crippen LogP contribution in [0.5, 0.6) is 0 Å². The number of amides is 8. The molecular weight excluding hydrogens is 827 g/mol. The third-order valence-corrected chi connectivity index (χ3v) is 10.9. The molecule has 0 bridgehead atoms. The van der Waals surface area contributed by atoms with Crippen LogP contribution in [0.25, 0.3) is 0 Å². The number of nitrogens with two attached hydrogens (primary N) is 2. The molecule has 0 saturated carbocycles. The highest BCUT2D eigenvalue weighted by Gasteiger charge is 2.37. The molecule has 1 saturated heterocycles. The van der Waals surface area contributed by atoms with Crippen LogP contribution in [0.1, 0.15) is 86.1 Å². The van der Waals surface area contributed by atoms with E-state index in [0.29, 0.717) is 23.7 Å². The molecule has 0 unspecified atom stereocenters. The Kier molecular flexibility index (Phi) is 21.5. The van der Waals surface area contributed by atoms with Gasteiger partial charge in [-0.15, -0.1) is 0 Å². The van der Waals surface area contributed by atoms with Gasteiger partial charge in [0.05, 0.1) is 24.9 Å². The molecule has 1 aromatic carbocycles. The summed E-state index contributed by atoms with van der Waals surface area (Å²) in [5, 5.41) is 26.7. The van der Waals surface area contributed by atoms with Gasteiger partial charge in [-0.25, -0.2) is 0 Å². The average molecular weight is 890 g/mol. The van der Waals surface area contributed by atoms with Crippen molar-refractivity contribution in [1.29, 1.82) is 0 Å². The summed E-state index contributed by atoms with van der Waals surface area (Å²) in [5.41, 5.74) is 11.7. The van der Waals surface area contributed by atoms with E-state index in [-0.39, 0.29) is 31.1 Å². The van der Waals surface area contributed by atoms with Crippen molar-refractivity contribution in [3.05, 3.63) is 35.9 Å². The highest BCUT2D eigenvalue weighted by Crippen LogP contribution is 2.17. The van der Waals surface area contributed by atoms with E-state index in [1.165, 1.54) is 6.92 Å². The van der Waals surface area contributed by atoms with Crippen molar-refractivity contribution in [2.75, 3.05) is 5.75 Å². The second-order valence-electron chi connectivity index (χ2n) is 16.4. The summed E-state index contributed by atoms with van der Waals surface area (Å²) in [5.74, 6) is -10.2. The summed E-state index contributed by atoms with van der Waals surface area (Å²) in [4.78, 5) is 134. The molecule has 20 nitrogen and oxygen atoms in total. The van der Waals surface area contributed by atoms with E-state index in [1.807, 2.05) is 27.7 Å². The predicted octanol–water partition coefficient (Wildman–Crippen LogP) is -1.27. The minimum atomic E-state index is -1.84. The largest absolute Gasteiger partial charge is 0.481 e. The number of benzene rings is 1. The SMILES string of the molecule is CC[C@H](C)[C@H](NC(=O)[C@H](C)N)C(=O)N[C@@H](CC(N)=O)C(=O)N[C@H]1CSC(=O)[C@H](CC(C)C)NC(=O)[C@H](CC(C)C)NC(=O)[C@H](Cc2ccccc2)NC(=O)[C@H](CC(=O)O)NC1=O. The van der Waals surface area contributed by atoms with E-state index >= 15 is 0 Å². The van der Waals surface area contributed by atoms with Crippen LogP contribution in [0, 0.1) is 17.8 Å². The number of aliphatic carboxylic acids is 1. The molecule has 2 rings (SSSR count). The average Bonchev–Trinajstić information content (AvgIpc) is 3.18. The van der Waals surface area contributed by atoms with Gasteiger partial charge in [0.1, 0.15) is 36.3 Å². The topological polar surface area (TPSA) is 327 Å². The van der Waals surface area contributed by atoms with E-state index in [9.17, 15) is 53.1 Å². The molecule has 0 aliphatic carbocycles. The van der Waals surface area contributed by atoms with Gasteiger partial charge in [0, 0.05) is 12.2 Å². The van der Waals surface area contributed by atoms with Gasteiger partial charge in [-0.3, -0.25) is 47.9 Å². The number of hydrogen-bond donors (Lipinski definition) is 10. The molecule has 1 heterocycles. The van der Waals surface area contributed by atoms with Gasteiger partial charge in [0.25, 0.3) is 0 Å². The molecule has 8 amide bonds. The third kappa shape index (κ3) is 17.8. The molecule has 1 fully saturated rings. The smallest absolute Gasteiger partial charge is 0.305 e. The number of carboxylic acid groups (broad SMARTS) is 1. The van der Waals surface area contributed by atoms with Crippen LogP contribution in [-0.4, -0.2) is 118 Å². The number of hydrogen-bond acceptors (Lipinski definition) is 12. The summed E-state index contributed by atoms with van der Waals surface area (Å²) in [7, 11) is 0. The molecule has 0 aromatic heterocycles. The van der Waals surface area contributed by atoms with Crippen LogP contribution < -0.4 is 48.7 Å². The summed E-state index contributed by atoms with van der Waals surface area (Å²) < 4.78 is 0. The Morgan fingerprint density at radius 2 is 1.27 bits per heavy atom. The fourth-order valence-electron chi connectivity index (χ4n) is 6.30. The van der Waals surface area contributed by atoms with Crippen molar-refractivity contribution < 1.29 is 53.1 Å². The van der Waals surface area contributed by atoms with Crippen molar-refractivity contribution >= 4 is 70.1 Å². The Balaban J connectivity index is 2.67. The molecule has 344 valence electrons. The Hall–Kier alpha value is -5.57. The second-order valence-corrected chi connectivity index (χ2v) is 17.4. The van der Waals surface area contributed by atoms with Crippen LogP contribution in [-0.2, 0) is 54.4 Å². The minimum Gasteiger partial charge on any atom is -0.481 e. The highest BCUT2D eigenvalue weighted by atomic mass is 32.2. The number of nitrogens with one attached hydrogen (secondary N) is 7. The van der Waals surface area contributed by atoms with Gasteiger partial charge >= 0.3 is 5.97 Å². The zero-order chi connectivity index (χ0) is 46.8. The number of rotatable bonds is 18. The molecule has 1 aliphatic heterocycles. The van der Waals surface area contributed by atoms with Gasteiger partial charge in [-0.05, 0) is 43.1 Å². The summed E-state index contributed by atoms with van der Waals surface area (Å²) in [6, 6.07) is -2.67.